The van der Waals surface area contributed by atoms with E-state index in [0.717, 1.165) is 28.2 Å². The predicted molar refractivity (Wildman–Crippen MR) is 120 cm³/mol. The molecule has 0 aliphatic carbocycles. The van der Waals surface area contributed by atoms with E-state index in [2.05, 4.69) is 36.8 Å². The molecular weight excluding hydrogens is 392 g/mol. The molecule has 9 heteroatoms. The summed E-state index contributed by atoms with van der Waals surface area (Å²) in [5.41, 5.74) is 4.68. The summed E-state index contributed by atoms with van der Waals surface area (Å²) in [4.78, 5) is 27.8. The van der Waals surface area contributed by atoms with Crippen LogP contribution in [0.3, 0.4) is 0 Å². The summed E-state index contributed by atoms with van der Waals surface area (Å²) in [7, 11) is 1.91. The fourth-order valence-electron chi connectivity index (χ4n) is 3.95. The molecule has 4 heterocycles. The van der Waals surface area contributed by atoms with Crippen LogP contribution in [-0.2, 0) is 17.9 Å². The van der Waals surface area contributed by atoms with Gasteiger partial charge < -0.3 is 15.5 Å². The lowest BCUT2D eigenvalue weighted by molar-refractivity contribution is -0.118. The van der Waals surface area contributed by atoms with Crippen molar-refractivity contribution in [2.24, 2.45) is 5.92 Å². The zero-order chi connectivity index (χ0) is 22.1. The average Bonchev–Trinajstić information content (AvgIpc) is 3.14. The molecule has 0 aromatic carbocycles. The van der Waals surface area contributed by atoms with Gasteiger partial charge in [0.15, 0.2) is 5.82 Å². The van der Waals surface area contributed by atoms with E-state index in [0.29, 0.717) is 24.7 Å². The van der Waals surface area contributed by atoms with Gasteiger partial charge in [0.25, 0.3) is 0 Å². The Labute approximate surface area is 181 Å². The van der Waals surface area contributed by atoms with Gasteiger partial charge in [-0.25, -0.2) is 4.98 Å². The molecule has 0 bridgehead atoms. The van der Waals surface area contributed by atoms with E-state index in [1.54, 1.807) is 0 Å². The molecule has 1 amide bonds. The number of hydrogen-bond donors (Lipinski definition) is 2. The monoisotopic (exact) mass is 420 g/mol. The fourth-order valence-corrected chi connectivity index (χ4v) is 3.95. The van der Waals surface area contributed by atoms with Crippen LogP contribution in [0, 0.1) is 19.8 Å². The molecule has 1 aliphatic heterocycles. The van der Waals surface area contributed by atoms with Crippen LogP contribution < -0.4 is 15.5 Å². The molecule has 0 unspecified atom stereocenters. The molecule has 31 heavy (non-hydrogen) atoms. The summed E-state index contributed by atoms with van der Waals surface area (Å²) in [6.07, 6.45) is 7.54. The van der Waals surface area contributed by atoms with Gasteiger partial charge in [-0.15, -0.1) is 0 Å². The molecular formula is C22H28N8O. The van der Waals surface area contributed by atoms with E-state index >= 15 is 0 Å². The first-order valence-electron chi connectivity index (χ1n) is 10.4. The number of aromatic nitrogens is 5. The highest BCUT2D eigenvalue weighted by atomic mass is 16.2. The van der Waals surface area contributed by atoms with Crippen LogP contribution in [0.15, 0.2) is 30.9 Å². The standard InChI is InChI=1S/C22H28N8O/c1-13(2)19-21(31)27-18-15(4)26-22(28-20(18)29(19)5)24-9-17-10-25-30(12-17)11-16-6-14(3)7-23-8-16/h6-8,10,12-13,19H,9,11H2,1-5H3,(H,27,31)(H,24,26,28)/t19-/m0/s1. The molecule has 1 aliphatic rings. The molecule has 162 valence electrons. The molecule has 0 fully saturated rings. The van der Waals surface area contributed by atoms with Crippen molar-refractivity contribution in [1.82, 2.24) is 24.7 Å². The number of nitrogens with one attached hydrogen (secondary N) is 2. The van der Waals surface area contributed by atoms with Gasteiger partial charge >= 0.3 is 0 Å². The van der Waals surface area contributed by atoms with Gasteiger partial charge in [0.05, 0.1) is 18.4 Å². The largest absolute Gasteiger partial charge is 0.350 e. The number of aryl methyl sites for hydroxylation is 2. The van der Waals surface area contributed by atoms with Gasteiger partial charge in [-0.3, -0.25) is 14.5 Å². The Morgan fingerprint density at radius 2 is 1.97 bits per heavy atom. The Bertz CT molecular complexity index is 1110. The minimum absolute atomic E-state index is 0.0198. The average molecular weight is 421 g/mol. The number of nitrogens with zero attached hydrogens (tertiary/aromatic N) is 6. The Morgan fingerprint density at radius 3 is 2.71 bits per heavy atom. The number of amides is 1. The van der Waals surface area contributed by atoms with E-state index < -0.39 is 0 Å². The molecule has 0 saturated carbocycles. The Hall–Kier alpha value is -3.49. The molecule has 9 nitrogen and oxygen atoms in total. The fraction of sp³-hybridized carbons (Fsp3) is 0.409. The van der Waals surface area contributed by atoms with E-state index in [9.17, 15) is 4.79 Å². The number of fused-ring (bicyclic) bond motifs is 1. The van der Waals surface area contributed by atoms with Crippen molar-refractivity contribution in [1.29, 1.82) is 0 Å². The van der Waals surface area contributed by atoms with Gasteiger partial charge in [-0.05, 0) is 30.9 Å². The third kappa shape index (κ3) is 4.35. The number of carbonyl (C=O) groups is 1. The van der Waals surface area contributed by atoms with Crippen LogP contribution >= 0.6 is 0 Å². The predicted octanol–water partition coefficient (Wildman–Crippen LogP) is 2.76. The van der Waals surface area contributed by atoms with Gasteiger partial charge in [-0.2, -0.15) is 10.1 Å². The second-order valence-corrected chi connectivity index (χ2v) is 8.39. The molecule has 4 rings (SSSR count). The maximum atomic E-state index is 12.5. The van der Waals surface area contributed by atoms with E-state index in [4.69, 9.17) is 0 Å². The number of carbonyl (C=O) groups excluding carboxylic acids is 1. The van der Waals surface area contributed by atoms with E-state index in [-0.39, 0.29) is 17.9 Å². The van der Waals surface area contributed by atoms with Crippen LogP contribution in [0.4, 0.5) is 17.5 Å². The Balaban J connectivity index is 1.47. The highest BCUT2D eigenvalue weighted by Gasteiger charge is 2.35. The maximum absolute atomic E-state index is 12.5. The lowest BCUT2D eigenvalue weighted by Gasteiger charge is -2.36. The van der Waals surface area contributed by atoms with Gasteiger partial charge in [0.2, 0.25) is 11.9 Å². The van der Waals surface area contributed by atoms with Crippen LogP contribution in [-0.4, -0.2) is 43.7 Å². The van der Waals surface area contributed by atoms with E-state index in [1.165, 1.54) is 0 Å². The number of rotatable bonds is 6. The number of pyridine rings is 1. The molecule has 3 aromatic heterocycles. The normalized spacial score (nSPS) is 15.7. The Morgan fingerprint density at radius 1 is 1.16 bits per heavy atom. The number of hydrogen-bond acceptors (Lipinski definition) is 7. The first-order valence-corrected chi connectivity index (χ1v) is 10.4. The van der Waals surface area contributed by atoms with Crippen molar-refractivity contribution >= 4 is 23.4 Å². The summed E-state index contributed by atoms with van der Waals surface area (Å²) in [5, 5.41) is 10.7. The molecule has 0 saturated heterocycles. The van der Waals surface area contributed by atoms with Crippen molar-refractivity contribution in [2.75, 3.05) is 22.6 Å². The second kappa shape index (κ2) is 8.33. The summed E-state index contributed by atoms with van der Waals surface area (Å²) in [5.74, 6) is 1.40. The van der Waals surface area contributed by atoms with Crippen molar-refractivity contribution in [2.45, 2.75) is 46.8 Å². The van der Waals surface area contributed by atoms with Crippen LogP contribution in [0.25, 0.3) is 0 Å². The minimum atomic E-state index is -0.260. The summed E-state index contributed by atoms with van der Waals surface area (Å²) >= 11 is 0. The van der Waals surface area contributed by atoms with Crippen LogP contribution in [0.5, 0.6) is 0 Å². The zero-order valence-electron chi connectivity index (χ0n) is 18.5. The number of likely N-dealkylation sites (N-methyl/N-ethyl adjacent to an activating group) is 1. The topological polar surface area (TPSA) is 101 Å². The highest BCUT2D eigenvalue weighted by Crippen LogP contribution is 2.34. The minimum Gasteiger partial charge on any atom is -0.350 e. The molecule has 0 radical (unpaired) electrons. The molecule has 3 aromatic rings. The van der Waals surface area contributed by atoms with Crippen molar-refractivity contribution in [3.63, 3.8) is 0 Å². The summed E-state index contributed by atoms with van der Waals surface area (Å²) in [6.45, 7) is 9.19. The molecule has 0 spiro atoms. The first-order chi connectivity index (χ1) is 14.8. The smallest absolute Gasteiger partial charge is 0.247 e. The van der Waals surface area contributed by atoms with Gasteiger partial charge in [0, 0.05) is 37.7 Å². The highest BCUT2D eigenvalue weighted by molar-refractivity contribution is 6.03. The third-order valence-electron chi connectivity index (χ3n) is 5.38. The lowest BCUT2D eigenvalue weighted by Crippen LogP contribution is -2.49. The van der Waals surface area contributed by atoms with E-state index in [1.807, 2.05) is 69.1 Å². The van der Waals surface area contributed by atoms with Gasteiger partial charge in [0.1, 0.15) is 11.7 Å². The summed E-state index contributed by atoms with van der Waals surface area (Å²) < 4.78 is 1.89. The summed E-state index contributed by atoms with van der Waals surface area (Å²) in [6, 6.07) is 1.85. The third-order valence-corrected chi connectivity index (χ3v) is 5.38. The van der Waals surface area contributed by atoms with Gasteiger partial charge in [-0.1, -0.05) is 19.9 Å². The number of anilines is 3. The molecule has 2 N–H and O–H groups in total. The Kier molecular flexibility index (Phi) is 5.58. The zero-order valence-corrected chi connectivity index (χ0v) is 18.5. The maximum Gasteiger partial charge on any atom is 0.247 e. The lowest BCUT2D eigenvalue weighted by atomic mass is 9.99. The second-order valence-electron chi connectivity index (χ2n) is 8.39. The van der Waals surface area contributed by atoms with Crippen molar-refractivity contribution < 1.29 is 4.79 Å². The SMILES string of the molecule is Cc1cncc(Cn2cc(CNc3nc(C)c4c(n3)N(C)[C@@H](C(C)C)C(=O)N4)cn2)c1. The van der Waals surface area contributed by atoms with Crippen molar-refractivity contribution in [3.8, 4) is 0 Å². The first kappa shape index (κ1) is 20.8. The van der Waals surface area contributed by atoms with Crippen LogP contribution in [0.2, 0.25) is 0 Å². The molecule has 1 atom stereocenters. The van der Waals surface area contributed by atoms with Crippen molar-refractivity contribution in [3.05, 3.63) is 53.2 Å². The van der Waals surface area contributed by atoms with Crippen LogP contribution in [0.1, 0.15) is 36.2 Å². The quantitative estimate of drug-likeness (QED) is 0.632.